The summed E-state index contributed by atoms with van der Waals surface area (Å²) in [6.07, 6.45) is 8.96. The minimum Gasteiger partial charge on any atom is -0.453 e. The molecule has 2 aromatic carbocycles. The third-order valence-electron chi connectivity index (χ3n) is 14.3. The number of fused-ring (bicyclic) bond motifs is 6. The number of imidazole rings is 2. The van der Waals surface area contributed by atoms with Gasteiger partial charge in [0.15, 0.2) is 12.0 Å². The van der Waals surface area contributed by atoms with Crippen molar-refractivity contribution in [2.45, 2.75) is 89.4 Å². The van der Waals surface area contributed by atoms with Crippen LogP contribution in [0.1, 0.15) is 77.9 Å². The number of H-pyrrole nitrogens is 2. The topological polar surface area (TPSA) is 214 Å². The summed E-state index contributed by atoms with van der Waals surface area (Å²) in [6.45, 7) is 8.88. The fourth-order valence-corrected chi connectivity index (χ4v) is 11.9. The van der Waals surface area contributed by atoms with Crippen LogP contribution in [-0.2, 0) is 30.1 Å². The van der Waals surface area contributed by atoms with Gasteiger partial charge in [0.25, 0.3) is 0 Å². The van der Waals surface area contributed by atoms with Gasteiger partial charge in [0.1, 0.15) is 40.3 Å². The number of amides is 4. The first-order valence-corrected chi connectivity index (χ1v) is 22.9. The van der Waals surface area contributed by atoms with Gasteiger partial charge < -0.3 is 44.3 Å². The lowest BCUT2D eigenvalue weighted by Gasteiger charge is -2.40. The summed E-state index contributed by atoms with van der Waals surface area (Å²) in [5.74, 6) is 1.62. The van der Waals surface area contributed by atoms with Gasteiger partial charge in [-0.3, -0.25) is 9.59 Å². The van der Waals surface area contributed by atoms with Crippen molar-refractivity contribution in [1.82, 2.24) is 50.3 Å². The van der Waals surface area contributed by atoms with E-state index in [4.69, 9.17) is 33.8 Å². The SMILES string of the molecule is COC(=O)N[C@H](C(=O)N1C[C@H]2CCC1(c1ncc(-c3ccc(-c4ccc(-c5cnc([C@]67CC[C@H](CN6C(=O)[C@@H](NC(=O)OC)C(C)C)C7)[nH]5)c5ocnc45)c4ncsc34)[nH]1)C2)C(C)C. The highest BCUT2D eigenvalue weighted by Crippen LogP contribution is 2.54. The largest absolute Gasteiger partial charge is 0.453 e. The lowest BCUT2D eigenvalue weighted by Crippen LogP contribution is -2.56. The van der Waals surface area contributed by atoms with Crippen LogP contribution in [0.4, 0.5) is 9.59 Å². The number of likely N-dealkylation sites (tertiary alicyclic amines) is 2. The predicted octanol–water partition coefficient (Wildman–Crippen LogP) is 7.32. The van der Waals surface area contributed by atoms with Gasteiger partial charge in [0, 0.05) is 35.3 Å². The number of hydrogen-bond acceptors (Lipinski definition) is 12. The summed E-state index contributed by atoms with van der Waals surface area (Å²) in [5, 5.41) is 5.52. The quantitative estimate of drug-likeness (QED) is 0.101. The number of aromatic amines is 2. The van der Waals surface area contributed by atoms with Crippen molar-refractivity contribution in [3.8, 4) is 33.6 Å². The summed E-state index contributed by atoms with van der Waals surface area (Å²) in [7, 11) is 2.60. The molecule has 4 fully saturated rings. The molecule has 2 saturated carbocycles. The van der Waals surface area contributed by atoms with E-state index in [1.165, 1.54) is 20.6 Å². The first-order chi connectivity index (χ1) is 30.8. The summed E-state index contributed by atoms with van der Waals surface area (Å²) in [5.41, 5.74) is 7.76. The first kappa shape index (κ1) is 41.7. The molecule has 4 N–H and O–H groups in total. The van der Waals surface area contributed by atoms with E-state index in [0.29, 0.717) is 41.8 Å². The van der Waals surface area contributed by atoms with E-state index in [0.717, 1.165) is 88.2 Å². The molecule has 2 aliphatic heterocycles. The number of aromatic nitrogens is 6. The molecule has 1 unspecified atom stereocenters. The molecule has 4 bridgehead atoms. The normalized spacial score (nSPS) is 23.4. The van der Waals surface area contributed by atoms with Gasteiger partial charge in [-0.2, -0.15) is 0 Å². The van der Waals surface area contributed by atoms with E-state index in [9.17, 15) is 19.2 Å². The van der Waals surface area contributed by atoms with Crippen molar-refractivity contribution in [1.29, 1.82) is 0 Å². The third kappa shape index (κ3) is 6.53. The van der Waals surface area contributed by atoms with Crippen LogP contribution in [-0.4, -0.2) is 103 Å². The number of nitrogens with one attached hydrogen (secondary N) is 4. The number of rotatable bonds is 11. The molecule has 10 rings (SSSR count). The predicted molar refractivity (Wildman–Crippen MR) is 238 cm³/mol. The number of carbonyl (C=O) groups is 4. The zero-order chi connectivity index (χ0) is 44.7. The number of carbonyl (C=O) groups excluding carboxylic acids is 4. The van der Waals surface area contributed by atoms with Crippen molar-refractivity contribution < 1.29 is 33.1 Å². The van der Waals surface area contributed by atoms with Crippen molar-refractivity contribution in [2.24, 2.45) is 23.7 Å². The number of oxazole rings is 1. The van der Waals surface area contributed by atoms with Gasteiger partial charge in [0.2, 0.25) is 11.8 Å². The Kier molecular flexibility index (Phi) is 10.3. The summed E-state index contributed by atoms with van der Waals surface area (Å²) in [4.78, 5) is 83.1. The molecule has 18 heteroatoms. The smallest absolute Gasteiger partial charge is 0.407 e. The molecule has 64 heavy (non-hydrogen) atoms. The third-order valence-corrected chi connectivity index (χ3v) is 15.1. The molecule has 6 aromatic rings. The maximum atomic E-state index is 14.1. The first-order valence-electron chi connectivity index (χ1n) is 22.0. The zero-order valence-electron chi connectivity index (χ0n) is 36.7. The Labute approximate surface area is 373 Å². The van der Waals surface area contributed by atoms with E-state index in [1.54, 1.807) is 17.5 Å². The summed E-state index contributed by atoms with van der Waals surface area (Å²) in [6, 6.07) is 6.71. The molecule has 4 aliphatic rings. The van der Waals surface area contributed by atoms with Crippen LogP contribution in [0, 0.1) is 23.7 Å². The number of nitrogens with zero attached hydrogens (tertiary/aromatic N) is 6. The second kappa shape index (κ2) is 15.7. The zero-order valence-corrected chi connectivity index (χ0v) is 37.5. The fraction of sp³-hybridized carbons (Fsp3) is 0.478. The van der Waals surface area contributed by atoms with Crippen LogP contribution in [0.2, 0.25) is 0 Å². The van der Waals surface area contributed by atoms with Gasteiger partial charge in [-0.05, 0) is 68.3 Å². The Balaban J connectivity index is 0.942. The number of hydrogen-bond donors (Lipinski definition) is 4. The van der Waals surface area contributed by atoms with Crippen LogP contribution < -0.4 is 10.6 Å². The second-order valence-corrected chi connectivity index (χ2v) is 19.4. The number of benzene rings is 2. The van der Waals surface area contributed by atoms with Gasteiger partial charge in [-0.25, -0.2) is 29.5 Å². The Morgan fingerprint density at radius 3 is 1.73 bits per heavy atom. The number of thiazole rings is 1. The minimum absolute atomic E-state index is 0.127. The lowest BCUT2D eigenvalue weighted by molar-refractivity contribution is -0.141. The van der Waals surface area contributed by atoms with E-state index < -0.39 is 35.3 Å². The maximum Gasteiger partial charge on any atom is 0.407 e. The van der Waals surface area contributed by atoms with Crippen molar-refractivity contribution in [3.05, 3.63) is 60.2 Å². The van der Waals surface area contributed by atoms with Gasteiger partial charge in [-0.1, -0.05) is 45.9 Å². The molecule has 2 aliphatic carbocycles. The molecule has 334 valence electrons. The Hall–Kier alpha value is -6.30. The highest BCUT2D eigenvalue weighted by atomic mass is 32.1. The maximum absolute atomic E-state index is 14.1. The molecule has 4 aromatic heterocycles. The molecule has 4 amide bonds. The molecular weight excluding hydrogens is 837 g/mol. The number of methoxy groups -OCH3 is 2. The summed E-state index contributed by atoms with van der Waals surface area (Å²) >= 11 is 1.54. The molecule has 2 saturated heterocycles. The van der Waals surface area contributed by atoms with Crippen LogP contribution >= 0.6 is 11.3 Å². The van der Waals surface area contributed by atoms with Crippen LogP contribution in [0.3, 0.4) is 0 Å². The monoisotopic (exact) mass is 888 g/mol. The molecule has 6 atom stereocenters. The lowest BCUT2D eigenvalue weighted by atomic mass is 9.93. The van der Waals surface area contributed by atoms with Crippen LogP contribution in [0.5, 0.6) is 0 Å². The number of piperidine rings is 2. The molecule has 0 spiro atoms. The van der Waals surface area contributed by atoms with Crippen molar-refractivity contribution >= 4 is 56.7 Å². The van der Waals surface area contributed by atoms with Gasteiger partial charge in [-0.15, -0.1) is 11.3 Å². The standard InChI is InChI=1S/C46H52N10O7S/c1-23(2)33(53-43(59)61-5)39(57)55-19-25-11-13-45(55,15-25)41-47-17-31(51-41)29-9-7-27(35-37(29)63-21-49-35)28-8-10-30(38-36(28)50-22-64-38)32-18-48-42(52-32)46-14-12-26(16-46)20-56(46)40(58)34(24(3)4)54-44(60)62-6/h7-10,17-18,21-26,33-34H,11-16,19-20H2,1-6H3,(H,47,51)(H,48,52)(H,53,59)(H,54,60)/t25-,26-,33-,34-,45+,46?/m0/s1. The average Bonchev–Trinajstić information content (AvgIpc) is 4.15. The molecule has 0 radical (unpaired) electrons. The van der Waals surface area contributed by atoms with E-state index in [-0.39, 0.29) is 23.7 Å². The Bertz CT molecular complexity index is 2620. The van der Waals surface area contributed by atoms with Crippen molar-refractivity contribution in [2.75, 3.05) is 27.3 Å². The van der Waals surface area contributed by atoms with E-state index in [2.05, 4.69) is 32.7 Å². The van der Waals surface area contributed by atoms with Crippen molar-refractivity contribution in [3.63, 3.8) is 0 Å². The van der Waals surface area contributed by atoms with E-state index in [1.807, 2.05) is 61.3 Å². The summed E-state index contributed by atoms with van der Waals surface area (Å²) < 4.78 is 16.8. The van der Waals surface area contributed by atoms with Crippen LogP contribution in [0.15, 0.2) is 53.0 Å². The van der Waals surface area contributed by atoms with Gasteiger partial charge >= 0.3 is 12.2 Å². The average molecular weight is 889 g/mol. The highest BCUT2D eigenvalue weighted by Gasteiger charge is 2.58. The Morgan fingerprint density at radius 2 is 1.22 bits per heavy atom. The van der Waals surface area contributed by atoms with Gasteiger partial charge in [0.05, 0.1) is 53.7 Å². The highest BCUT2D eigenvalue weighted by molar-refractivity contribution is 7.17. The van der Waals surface area contributed by atoms with Crippen LogP contribution in [0.25, 0.3) is 55.0 Å². The second-order valence-electron chi connectivity index (χ2n) is 18.6. The minimum atomic E-state index is -0.730. The van der Waals surface area contributed by atoms with E-state index >= 15 is 0 Å². The molecule has 17 nitrogen and oxygen atoms in total. The number of alkyl carbamates (subject to hydrolysis) is 2. The molecular formula is C46H52N10O7S. The number of ether oxygens (including phenoxy) is 2. The Morgan fingerprint density at radius 1 is 0.719 bits per heavy atom. The fourth-order valence-electron chi connectivity index (χ4n) is 11.1. The molecule has 6 heterocycles.